The molecule has 9 rings (SSSR count). The van der Waals surface area contributed by atoms with Crippen molar-refractivity contribution in [3.8, 4) is 17.3 Å². The SMILES string of the molecule is CCn1c2nc(OC[C@@]34CCCN3C[C@H](F)C4)nc(N3CCOC[C@@](C)(O)C3)c2c2c1c(-c1c(C(F)(F)F)c(C)cc3c1cnn3C1CCCCO1)nn2C. The summed E-state index contributed by atoms with van der Waals surface area (Å²) >= 11 is 0. The number of nitrogens with zero attached hydrogens (tertiary/aromatic N) is 9. The molecule has 0 bridgehead atoms. The van der Waals surface area contributed by atoms with E-state index < -0.39 is 29.1 Å². The lowest BCUT2D eigenvalue weighted by atomic mass is 9.94. The Morgan fingerprint density at radius 1 is 1.11 bits per heavy atom. The zero-order valence-electron chi connectivity index (χ0n) is 31.6. The van der Waals surface area contributed by atoms with E-state index in [-0.39, 0.29) is 48.8 Å². The average molecular weight is 770 g/mol. The van der Waals surface area contributed by atoms with Crippen LogP contribution in [0.2, 0.25) is 0 Å². The summed E-state index contributed by atoms with van der Waals surface area (Å²) in [6.45, 7) is 8.32. The van der Waals surface area contributed by atoms with E-state index in [2.05, 4.69) is 10.00 Å². The van der Waals surface area contributed by atoms with Gasteiger partial charge in [-0.2, -0.15) is 33.3 Å². The lowest BCUT2D eigenvalue weighted by molar-refractivity contribution is -0.137. The normalized spacial score (nSPS) is 26.8. The summed E-state index contributed by atoms with van der Waals surface area (Å²) in [4.78, 5) is 14.0. The van der Waals surface area contributed by atoms with Crippen LogP contribution in [-0.4, -0.2) is 114 Å². The van der Waals surface area contributed by atoms with Gasteiger partial charge in [-0.05, 0) is 71.0 Å². The first-order chi connectivity index (χ1) is 26.3. The van der Waals surface area contributed by atoms with E-state index in [1.54, 1.807) is 29.4 Å². The molecule has 4 saturated heterocycles. The van der Waals surface area contributed by atoms with E-state index in [0.29, 0.717) is 84.5 Å². The quantitative estimate of drug-likeness (QED) is 0.200. The van der Waals surface area contributed by atoms with Crippen molar-refractivity contribution < 1.29 is 36.9 Å². The Morgan fingerprint density at radius 2 is 1.95 bits per heavy atom. The fourth-order valence-corrected chi connectivity index (χ4v) is 9.65. The molecule has 4 aromatic heterocycles. The molecule has 17 heteroatoms. The highest BCUT2D eigenvalue weighted by molar-refractivity contribution is 6.16. The standard InChI is InChI=1S/C38H47F4N9O4/c1-5-50-32-30(27-24-17-43-51(26-9-6-7-13-54-26)25(24)15-22(2)29(27)38(40,41)42)46-47(4)31(32)28-33(48-12-14-53-20-36(3,52)19-48)44-35(45-34(28)50)55-21-37-10-8-11-49(37)18-23(39)16-37/h15,17,23,26,52H,5-14,16,18-21H2,1-4H3/t23-,26?,36+,37+/m1/s1. The fraction of sp³-hybridized carbons (Fsp3) is 0.632. The van der Waals surface area contributed by atoms with Crippen LogP contribution in [0.4, 0.5) is 23.4 Å². The van der Waals surface area contributed by atoms with E-state index in [9.17, 15) is 9.50 Å². The van der Waals surface area contributed by atoms with Crippen LogP contribution < -0.4 is 9.64 Å². The molecule has 1 aromatic carbocycles. The van der Waals surface area contributed by atoms with Gasteiger partial charge in [0.25, 0.3) is 0 Å². The highest BCUT2D eigenvalue weighted by Gasteiger charge is 2.49. The number of rotatable bonds is 7. The van der Waals surface area contributed by atoms with Crippen molar-refractivity contribution in [3.05, 3.63) is 23.4 Å². The zero-order chi connectivity index (χ0) is 38.4. The predicted octanol–water partition coefficient (Wildman–Crippen LogP) is 5.92. The number of alkyl halides is 4. The van der Waals surface area contributed by atoms with Crippen LogP contribution in [0, 0.1) is 6.92 Å². The van der Waals surface area contributed by atoms with E-state index in [4.69, 9.17) is 29.3 Å². The highest BCUT2D eigenvalue weighted by atomic mass is 19.4. The molecule has 55 heavy (non-hydrogen) atoms. The fourth-order valence-electron chi connectivity index (χ4n) is 9.65. The molecule has 8 heterocycles. The number of aromatic nitrogens is 7. The van der Waals surface area contributed by atoms with E-state index in [0.717, 1.165) is 32.2 Å². The molecule has 1 N–H and O–H groups in total. The van der Waals surface area contributed by atoms with E-state index >= 15 is 13.2 Å². The third-order valence-corrected chi connectivity index (χ3v) is 12.0. The summed E-state index contributed by atoms with van der Waals surface area (Å²) in [6.07, 6.45) is 0.131. The highest BCUT2D eigenvalue weighted by Crippen LogP contribution is 2.48. The van der Waals surface area contributed by atoms with Gasteiger partial charge in [0, 0.05) is 50.7 Å². The zero-order valence-corrected chi connectivity index (χ0v) is 31.6. The number of β-amino-alcohol motifs (C(OH)–C–C–N with tert-alkyl or cyclic N) is 1. The maximum absolute atomic E-state index is 15.3. The van der Waals surface area contributed by atoms with Crippen molar-refractivity contribution >= 4 is 38.8 Å². The molecule has 4 aliphatic rings. The minimum Gasteiger partial charge on any atom is -0.461 e. The predicted molar refractivity (Wildman–Crippen MR) is 197 cm³/mol. The Labute approximate surface area is 315 Å². The van der Waals surface area contributed by atoms with Crippen LogP contribution in [0.15, 0.2) is 12.3 Å². The number of anilines is 1. The number of hydrogen-bond donors (Lipinski definition) is 1. The number of aliphatic hydroxyl groups is 1. The number of halogens is 4. The van der Waals surface area contributed by atoms with Crippen molar-refractivity contribution in [2.75, 3.05) is 57.5 Å². The second kappa shape index (κ2) is 13.3. The summed E-state index contributed by atoms with van der Waals surface area (Å²) in [5.41, 5.74) is -0.334. The van der Waals surface area contributed by atoms with Crippen molar-refractivity contribution in [3.63, 3.8) is 0 Å². The lowest BCUT2D eigenvalue weighted by Crippen LogP contribution is -2.44. The first kappa shape index (κ1) is 36.6. The molecule has 5 aromatic rings. The van der Waals surface area contributed by atoms with Gasteiger partial charge in [-0.3, -0.25) is 9.58 Å². The monoisotopic (exact) mass is 769 g/mol. The molecule has 0 spiro atoms. The van der Waals surface area contributed by atoms with Gasteiger partial charge < -0.3 is 28.8 Å². The van der Waals surface area contributed by atoms with Gasteiger partial charge in [0.15, 0.2) is 11.9 Å². The molecule has 0 radical (unpaired) electrons. The van der Waals surface area contributed by atoms with Crippen molar-refractivity contribution in [2.24, 2.45) is 7.05 Å². The molecule has 0 aliphatic carbocycles. The topological polar surface area (TPSA) is 121 Å². The number of hydrogen-bond acceptors (Lipinski definition) is 10. The van der Waals surface area contributed by atoms with E-state index in [1.165, 1.54) is 13.1 Å². The summed E-state index contributed by atoms with van der Waals surface area (Å²) in [7, 11) is 1.71. The first-order valence-electron chi connectivity index (χ1n) is 19.3. The van der Waals surface area contributed by atoms with Crippen LogP contribution in [0.3, 0.4) is 0 Å². The summed E-state index contributed by atoms with van der Waals surface area (Å²) in [6, 6.07) is 1.62. The molecule has 13 nitrogen and oxygen atoms in total. The summed E-state index contributed by atoms with van der Waals surface area (Å²) in [5.74, 6) is 0.445. The number of benzene rings is 1. The van der Waals surface area contributed by atoms with Crippen LogP contribution in [0.25, 0.3) is 44.2 Å². The lowest BCUT2D eigenvalue weighted by Gasteiger charge is -2.31. The third kappa shape index (κ3) is 6.03. The molecular formula is C38H47F4N9O4. The molecule has 4 aliphatic heterocycles. The van der Waals surface area contributed by atoms with Crippen LogP contribution in [0.5, 0.6) is 6.01 Å². The second-order valence-corrected chi connectivity index (χ2v) is 16.1. The molecule has 1 unspecified atom stereocenters. The average Bonchev–Trinajstić information content (AvgIpc) is 3.92. The number of aryl methyl sites for hydroxylation is 3. The Kier molecular flexibility index (Phi) is 8.82. The van der Waals surface area contributed by atoms with Gasteiger partial charge in [-0.15, -0.1) is 0 Å². The molecular weight excluding hydrogens is 722 g/mol. The molecule has 0 saturated carbocycles. The molecule has 4 fully saturated rings. The van der Waals surface area contributed by atoms with E-state index in [1.807, 2.05) is 16.4 Å². The van der Waals surface area contributed by atoms with Crippen LogP contribution in [0.1, 0.15) is 69.7 Å². The molecule has 296 valence electrons. The first-order valence-corrected chi connectivity index (χ1v) is 19.3. The summed E-state index contributed by atoms with van der Waals surface area (Å²) in [5, 5.41) is 21.6. The van der Waals surface area contributed by atoms with Gasteiger partial charge in [0.2, 0.25) is 0 Å². The Morgan fingerprint density at radius 3 is 2.71 bits per heavy atom. The number of fused-ring (bicyclic) bond motifs is 5. The van der Waals surface area contributed by atoms with Gasteiger partial charge in [0.1, 0.15) is 29.9 Å². The van der Waals surface area contributed by atoms with Gasteiger partial charge in [-0.1, -0.05) is 0 Å². The minimum atomic E-state index is -4.71. The molecule has 0 amide bonds. The smallest absolute Gasteiger partial charge is 0.417 e. The Balaban J connectivity index is 1.28. The van der Waals surface area contributed by atoms with Crippen molar-refractivity contribution in [2.45, 2.75) is 95.6 Å². The minimum absolute atomic E-state index is 0.0521. The van der Waals surface area contributed by atoms with Gasteiger partial charge in [0.05, 0.1) is 59.0 Å². The Bertz CT molecular complexity index is 2280. The van der Waals surface area contributed by atoms with Crippen molar-refractivity contribution in [1.29, 1.82) is 0 Å². The Hall–Kier alpha value is -4.06. The van der Waals surface area contributed by atoms with Crippen molar-refractivity contribution in [1.82, 2.24) is 39.0 Å². The molecule has 4 atom stereocenters. The van der Waals surface area contributed by atoms with Gasteiger partial charge >= 0.3 is 12.2 Å². The largest absolute Gasteiger partial charge is 0.461 e. The second-order valence-electron chi connectivity index (χ2n) is 16.1. The van der Waals surface area contributed by atoms with Crippen LogP contribution >= 0.6 is 0 Å². The van der Waals surface area contributed by atoms with Crippen LogP contribution in [-0.2, 0) is 29.2 Å². The number of ether oxygens (including phenoxy) is 3. The maximum Gasteiger partial charge on any atom is 0.417 e. The van der Waals surface area contributed by atoms with Gasteiger partial charge in [-0.25, -0.2) is 9.07 Å². The maximum atomic E-state index is 15.3. The summed E-state index contributed by atoms with van der Waals surface area (Å²) < 4.78 is 83.9. The third-order valence-electron chi connectivity index (χ3n) is 12.0.